The van der Waals surface area contributed by atoms with Gasteiger partial charge < -0.3 is 24.5 Å². The molecule has 0 spiro atoms. The molecule has 14 heteroatoms. The fraction of sp³-hybridized carbons (Fsp3) is 0.750. The maximum atomic E-state index is 11.5. The predicted molar refractivity (Wildman–Crippen MR) is 193 cm³/mol. The predicted octanol–water partition coefficient (Wildman–Crippen LogP) is 6.70. The van der Waals surface area contributed by atoms with Gasteiger partial charge in [0.25, 0.3) is 0 Å². The molecule has 3 aromatic rings. The van der Waals surface area contributed by atoms with Crippen LogP contribution < -0.4 is 5.73 Å². The minimum absolute atomic E-state index is 0.0204. The normalized spacial score (nSPS) is 22.3. The van der Waals surface area contributed by atoms with Crippen LogP contribution in [0.25, 0.3) is 22.6 Å². The molecule has 4 atom stereocenters. The van der Waals surface area contributed by atoms with Gasteiger partial charge in [0.2, 0.25) is 0 Å². The van der Waals surface area contributed by atoms with Gasteiger partial charge in [0.05, 0.1) is 30.8 Å². The number of aromatic nitrogens is 6. The lowest BCUT2D eigenvalue weighted by atomic mass is 9.78. The second-order valence-electron chi connectivity index (χ2n) is 17.4. The molecule has 1 aliphatic rings. The Bertz CT molecular complexity index is 1530. The molecule has 0 saturated carbocycles. The molecule has 1 fully saturated rings. The minimum Gasteiger partial charge on any atom is -0.432 e. The van der Waals surface area contributed by atoms with Crippen LogP contribution in [0.4, 0.5) is 5.82 Å². The third-order valence-electron chi connectivity index (χ3n) is 11.6. The number of nitrogens with zero attached hydrogens (tertiary/aromatic N) is 6. The maximum Gasteiger partial charge on any atom is 0.192 e. The van der Waals surface area contributed by atoms with Crippen molar-refractivity contribution < 1.29 is 18.8 Å². The van der Waals surface area contributed by atoms with Crippen molar-refractivity contribution in [3.63, 3.8) is 0 Å². The van der Waals surface area contributed by atoms with Crippen molar-refractivity contribution in [2.24, 2.45) is 18.9 Å². The van der Waals surface area contributed by atoms with Gasteiger partial charge in [-0.2, -0.15) is 5.10 Å². The SMILES string of the molecule is Cn1cc(-c2nc(N)c3ncn(C4O[C@H](CO[Si](C)(C)C(C)(C)C)[C@@H](CC(C)(C)[Si](C)(C)O)[C@H]4CC(C)(C)[Si](C)(C)O)c3n2)cn1. The number of hydrogen-bond acceptors (Lipinski definition) is 9. The van der Waals surface area contributed by atoms with Gasteiger partial charge in [-0.15, -0.1) is 0 Å². The van der Waals surface area contributed by atoms with Crippen molar-refractivity contribution in [1.29, 1.82) is 0 Å². The minimum atomic E-state index is -2.60. The van der Waals surface area contributed by atoms with E-state index in [0.717, 1.165) is 18.4 Å². The summed E-state index contributed by atoms with van der Waals surface area (Å²) < 4.78 is 17.7. The lowest BCUT2D eigenvalue weighted by molar-refractivity contribution is -0.0353. The first-order chi connectivity index (χ1) is 20.8. The second-order valence-corrected chi connectivity index (χ2v) is 31.2. The van der Waals surface area contributed by atoms with E-state index in [0.29, 0.717) is 29.4 Å². The number of nitrogens with two attached hydrogens (primary N) is 1. The molecular formula is C32H59N7O4Si3. The molecular weight excluding hydrogens is 631 g/mol. The summed E-state index contributed by atoms with van der Waals surface area (Å²) >= 11 is 0. The highest BCUT2D eigenvalue weighted by Crippen LogP contribution is 2.56. The molecule has 0 aromatic carbocycles. The van der Waals surface area contributed by atoms with Gasteiger partial charge in [-0.05, 0) is 73.2 Å². The summed E-state index contributed by atoms with van der Waals surface area (Å²) in [4.78, 5) is 37.1. The van der Waals surface area contributed by atoms with Crippen LogP contribution in [0.15, 0.2) is 18.7 Å². The zero-order valence-electron chi connectivity index (χ0n) is 30.6. The third kappa shape index (κ3) is 7.22. The molecule has 11 nitrogen and oxygen atoms in total. The Balaban J connectivity index is 1.88. The zero-order chi connectivity index (χ0) is 34.8. The lowest BCUT2D eigenvalue weighted by Crippen LogP contribution is -2.46. The quantitative estimate of drug-likeness (QED) is 0.187. The van der Waals surface area contributed by atoms with Crippen molar-refractivity contribution in [3.8, 4) is 11.4 Å². The molecule has 0 aliphatic carbocycles. The number of fused-ring (bicyclic) bond motifs is 1. The number of rotatable bonds is 11. The average molecular weight is 690 g/mol. The molecule has 258 valence electrons. The molecule has 46 heavy (non-hydrogen) atoms. The summed E-state index contributed by atoms with van der Waals surface area (Å²) in [7, 11) is -5.42. The van der Waals surface area contributed by atoms with Crippen molar-refractivity contribution in [2.45, 2.75) is 128 Å². The van der Waals surface area contributed by atoms with E-state index in [1.807, 2.05) is 44.0 Å². The van der Waals surface area contributed by atoms with Crippen molar-refractivity contribution in [3.05, 3.63) is 18.7 Å². The maximum absolute atomic E-state index is 11.5. The van der Waals surface area contributed by atoms with E-state index >= 15 is 0 Å². The van der Waals surface area contributed by atoms with Crippen LogP contribution in [0, 0.1) is 11.8 Å². The molecule has 1 aliphatic heterocycles. The summed E-state index contributed by atoms with van der Waals surface area (Å²) in [6.07, 6.45) is 6.18. The van der Waals surface area contributed by atoms with Crippen LogP contribution in [-0.2, 0) is 16.2 Å². The number of imidazole rings is 1. The number of aryl methyl sites for hydroxylation is 1. The van der Waals surface area contributed by atoms with E-state index < -0.39 is 31.2 Å². The fourth-order valence-corrected chi connectivity index (χ4v) is 8.30. The smallest absolute Gasteiger partial charge is 0.192 e. The molecule has 4 N–H and O–H groups in total. The summed E-state index contributed by atoms with van der Waals surface area (Å²) in [5, 5.41) is 3.72. The van der Waals surface area contributed by atoms with Crippen LogP contribution in [0.5, 0.6) is 0 Å². The average Bonchev–Trinajstić information content (AvgIpc) is 3.58. The number of hydrogen-bond donors (Lipinski definition) is 3. The number of anilines is 1. The first-order valence-corrected chi connectivity index (χ1v) is 25.3. The van der Waals surface area contributed by atoms with Gasteiger partial charge >= 0.3 is 0 Å². The Kier molecular flexibility index (Phi) is 9.77. The van der Waals surface area contributed by atoms with Crippen LogP contribution in [-0.4, -0.2) is 76.6 Å². The van der Waals surface area contributed by atoms with Crippen LogP contribution in [0.2, 0.25) is 54.4 Å². The van der Waals surface area contributed by atoms with Crippen molar-refractivity contribution >= 4 is 41.9 Å². The largest absolute Gasteiger partial charge is 0.432 e. The highest BCUT2D eigenvalue weighted by atomic mass is 28.4. The number of nitrogen functional groups attached to an aromatic ring is 1. The molecule has 4 heterocycles. The Hall–Kier alpha value is -1.95. The van der Waals surface area contributed by atoms with E-state index in [2.05, 4.69) is 76.6 Å². The van der Waals surface area contributed by atoms with E-state index in [9.17, 15) is 9.59 Å². The Morgan fingerprint density at radius 3 is 1.98 bits per heavy atom. The molecule has 0 bridgehead atoms. The summed E-state index contributed by atoms with van der Waals surface area (Å²) in [6.45, 7) is 28.5. The first-order valence-electron chi connectivity index (χ1n) is 16.5. The van der Waals surface area contributed by atoms with Crippen molar-refractivity contribution in [1.82, 2.24) is 29.3 Å². The van der Waals surface area contributed by atoms with E-state index in [1.165, 1.54) is 0 Å². The van der Waals surface area contributed by atoms with Gasteiger partial charge in [-0.1, -0.05) is 48.5 Å². The molecule has 4 rings (SSSR count). The first kappa shape index (κ1) is 36.9. The molecule has 0 radical (unpaired) electrons. The standard InChI is InChI=1S/C32H59N7O4Si3/c1-30(2,3)46(13,14)42-19-24-22(15-31(4,5)44(9,10)40)23(16-32(6,7)45(11,12)41)29(43-24)39-20-34-25-26(33)36-27(37-28(25)39)21-17-35-38(8)18-21/h17-18,20,22-24,29,40-41H,15-16,19H2,1-14H3,(H2,33,36,37)/t22-,23+,24+,29?/m0/s1. The molecule has 1 saturated heterocycles. The summed E-state index contributed by atoms with van der Waals surface area (Å²) in [5.41, 5.74) is 8.35. The van der Waals surface area contributed by atoms with Gasteiger partial charge in [0.15, 0.2) is 42.2 Å². The van der Waals surface area contributed by atoms with Gasteiger partial charge in [-0.25, -0.2) is 15.0 Å². The second kappa shape index (κ2) is 12.2. The van der Waals surface area contributed by atoms with Crippen LogP contribution in [0.1, 0.15) is 67.5 Å². The van der Waals surface area contributed by atoms with Crippen molar-refractivity contribution in [2.75, 3.05) is 12.3 Å². The van der Waals surface area contributed by atoms with Crippen LogP contribution >= 0.6 is 0 Å². The Labute approximate surface area is 278 Å². The van der Waals surface area contributed by atoms with E-state index in [1.54, 1.807) is 17.2 Å². The lowest BCUT2D eigenvalue weighted by Gasteiger charge is -2.43. The van der Waals surface area contributed by atoms with Crippen LogP contribution in [0.3, 0.4) is 0 Å². The van der Waals surface area contributed by atoms with Gasteiger partial charge in [-0.3, -0.25) is 9.25 Å². The van der Waals surface area contributed by atoms with Gasteiger partial charge in [0.1, 0.15) is 11.7 Å². The van der Waals surface area contributed by atoms with Gasteiger partial charge in [0, 0.05) is 19.2 Å². The van der Waals surface area contributed by atoms with E-state index in [4.69, 9.17) is 19.9 Å². The molecule has 0 amide bonds. The topological polar surface area (TPSA) is 146 Å². The zero-order valence-corrected chi connectivity index (χ0v) is 33.6. The highest BCUT2D eigenvalue weighted by molar-refractivity contribution is 6.74. The summed E-state index contributed by atoms with van der Waals surface area (Å²) in [6, 6.07) is 0. The Morgan fingerprint density at radius 2 is 1.48 bits per heavy atom. The fourth-order valence-electron chi connectivity index (χ4n) is 5.81. The summed E-state index contributed by atoms with van der Waals surface area (Å²) in [5.74, 6) is 0.800. The highest BCUT2D eigenvalue weighted by Gasteiger charge is 2.54. The van der Waals surface area contributed by atoms with E-state index in [-0.39, 0.29) is 33.1 Å². The Morgan fingerprint density at radius 1 is 0.913 bits per heavy atom. The molecule has 3 aromatic heterocycles. The number of ether oxygens (including phenoxy) is 1. The monoisotopic (exact) mass is 689 g/mol. The molecule has 1 unspecified atom stereocenters. The third-order valence-corrected chi connectivity index (χ3v) is 23.1.